The summed E-state index contributed by atoms with van der Waals surface area (Å²) >= 11 is 0. The first-order chi connectivity index (χ1) is 8.66. The van der Waals surface area contributed by atoms with Gasteiger partial charge in [0.2, 0.25) is 0 Å². The molecule has 0 bridgehead atoms. The van der Waals surface area contributed by atoms with Crippen molar-refractivity contribution in [3.63, 3.8) is 0 Å². The molecule has 3 rings (SSSR count). The van der Waals surface area contributed by atoms with Gasteiger partial charge in [-0.25, -0.2) is 0 Å². The Morgan fingerprint density at radius 2 is 1.89 bits per heavy atom. The Kier molecular flexibility index (Phi) is 2.27. The number of fused-ring (bicyclic) bond motifs is 1. The number of hydrogen-bond donors (Lipinski definition) is 1. The van der Waals surface area contributed by atoms with E-state index in [4.69, 9.17) is 10.5 Å². The first-order valence-electron chi connectivity index (χ1n) is 5.79. The molecule has 1 aliphatic heterocycles. The fourth-order valence-corrected chi connectivity index (χ4v) is 2.15. The van der Waals surface area contributed by atoms with Gasteiger partial charge >= 0.3 is 0 Å². The van der Waals surface area contributed by atoms with Crippen molar-refractivity contribution >= 4 is 17.1 Å². The highest BCUT2D eigenvalue weighted by atomic mass is 16.5. The summed E-state index contributed by atoms with van der Waals surface area (Å²) in [5.41, 5.74) is 9.78. The van der Waals surface area contributed by atoms with Crippen LogP contribution in [-0.4, -0.2) is 0 Å². The van der Waals surface area contributed by atoms with Crippen LogP contribution >= 0.6 is 0 Å². The average Bonchev–Trinajstić information content (AvgIpc) is 2.66. The van der Waals surface area contributed by atoms with Gasteiger partial charge in [-0.2, -0.15) is 0 Å². The monoisotopic (exact) mass is 238 g/mol. The molecule has 0 radical (unpaired) electrons. The van der Waals surface area contributed by atoms with E-state index in [2.05, 4.69) is 12.6 Å². The number of aryl methyl sites for hydroxylation is 1. The van der Waals surface area contributed by atoms with Crippen LogP contribution < -0.4 is 15.4 Å². The molecule has 0 spiro atoms. The van der Waals surface area contributed by atoms with Crippen LogP contribution in [0.2, 0.25) is 0 Å². The zero-order valence-corrected chi connectivity index (χ0v) is 10.2. The van der Waals surface area contributed by atoms with E-state index in [0.717, 1.165) is 17.1 Å². The molecular weight excluding hydrogens is 224 g/mol. The molecule has 18 heavy (non-hydrogen) atoms. The van der Waals surface area contributed by atoms with Crippen LogP contribution in [-0.2, 0) is 0 Å². The largest absolute Gasteiger partial charge is 0.439 e. The summed E-state index contributed by atoms with van der Waals surface area (Å²) in [5, 5.41) is 0. The Morgan fingerprint density at radius 1 is 1.11 bits per heavy atom. The lowest BCUT2D eigenvalue weighted by Crippen LogP contribution is -2.14. The van der Waals surface area contributed by atoms with E-state index in [1.165, 1.54) is 5.56 Å². The summed E-state index contributed by atoms with van der Waals surface area (Å²) in [6.45, 7) is 6.00. The number of nitrogens with zero attached hydrogens (tertiary/aromatic N) is 1. The van der Waals surface area contributed by atoms with E-state index in [1.807, 2.05) is 48.2 Å². The summed E-state index contributed by atoms with van der Waals surface area (Å²) in [6.07, 6.45) is 0. The van der Waals surface area contributed by atoms with Gasteiger partial charge in [0.1, 0.15) is 0 Å². The minimum Gasteiger partial charge on any atom is -0.439 e. The Hall–Kier alpha value is -2.42. The van der Waals surface area contributed by atoms with Crippen molar-refractivity contribution < 1.29 is 4.74 Å². The fourth-order valence-electron chi connectivity index (χ4n) is 2.15. The van der Waals surface area contributed by atoms with Gasteiger partial charge in [-0.1, -0.05) is 18.2 Å². The predicted molar refractivity (Wildman–Crippen MR) is 73.9 cm³/mol. The Labute approximate surface area is 106 Å². The van der Waals surface area contributed by atoms with Crippen LogP contribution in [0.4, 0.5) is 17.1 Å². The highest BCUT2D eigenvalue weighted by Gasteiger charge is 2.27. The topological polar surface area (TPSA) is 38.5 Å². The predicted octanol–water partition coefficient (Wildman–Crippen LogP) is 3.58. The van der Waals surface area contributed by atoms with Crippen molar-refractivity contribution in [3.05, 3.63) is 60.5 Å². The molecule has 0 atom stereocenters. The first kappa shape index (κ1) is 10.7. The number of nitrogen functional groups attached to an aromatic ring is 1. The molecule has 0 amide bonds. The molecule has 2 aromatic carbocycles. The van der Waals surface area contributed by atoms with E-state index in [0.29, 0.717) is 11.6 Å². The number of anilines is 3. The maximum absolute atomic E-state index is 6.02. The van der Waals surface area contributed by atoms with E-state index < -0.39 is 0 Å². The van der Waals surface area contributed by atoms with Crippen LogP contribution in [0.5, 0.6) is 5.75 Å². The van der Waals surface area contributed by atoms with Crippen LogP contribution in [0.3, 0.4) is 0 Å². The summed E-state index contributed by atoms with van der Waals surface area (Å²) in [6, 6.07) is 13.7. The van der Waals surface area contributed by atoms with Gasteiger partial charge in [-0.3, -0.25) is 4.90 Å². The molecule has 2 aromatic rings. The summed E-state index contributed by atoms with van der Waals surface area (Å²) in [5.74, 6) is 1.39. The molecule has 0 aromatic heterocycles. The zero-order chi connectivity index (χ0) is 12.7. The standard InChI is InChI=1S/C15H14N2O/c1-10-7-8-15-14(9-10)17(11(2)18-15)13-6-4-3-5-12(13)16/h3-9H,2,16H2,1H3. The van der Waals surface area contributed by atoms with Crippen LogP contribution in [0.1, 0.15) is 5.56 Å². The molecule has 90 valence electrons. The van der Waals surface area contributed by atoms with Crippen molar-refractivity contribution in [3.8, 4) is 5.75 Å². The smallest absolute Gasteiger partial charge is 0.198 e. The van der Waals surface area contributed by atoms with Crippen LogP contribution in [0, 0.1) is 6.92 Å². The summed E-state index contributed by atoms with van der Waals surface area (Å²) in [7, 11) is 0. The highest BCUT2D eigenvalue weighted by Crippen LogP contribution is 2.45. The molecule has 1 heterocycles. The maximum atomic E-state index is 6.02. The number of nitrogens with two attached hydrogens (primary N) is 1. The summed E-state index contributed by atoms with van der Waals surface area (Å²) < 4.78 is 5.66. The first-order valence-corrected chi connectivity index (χ1v) is 5.79. The van der Waals surface area contributed by atoms with Crippen molar-refractivity contribution in [2.24, 2.45) is 0 Å². The second kappa shape index (κ2) is 3.81. The molecule has 2 N–H and O–H groups in total. The van der Waals surface area contributed by atoms with Gasteiger partial charge in [-0.05, 0) is 43.3 Å². The molecular formula is C15H14N2O. The molecule has 3 heteroatoms. The van der Waals surface area contributed by atoms with Crippen LogP contribution in [0.25, 0.3) is 0 Å². The van der Waals surface area contributed by atoms with Crippen molar-refractivity contribution in [1.29, 1.82) is 0 Å². The number of ether oxygens (including phenoxy) is 1. The third-order valence-corrected chi connectivity index (χ3v) is 3.01. The Balaban J connectivity index is 2.17. The van der Waals surface area contributed by atoms with Crippen molar-refractivity contribution in [2.45, 2.75) is 6.92 Å². The number of rotatable bonds is 1. The van der Waals surface area contributed by atoms with Gasteiger partial charge < -0.3 is 10.5 Å². The van der Waals surface area contributed by atoms with Gasteiger partial charge in [0.05, 0.1) is 17.1 Å². The fraction of sp³-hybridized carbons (Fsp3) is 0.0667. The zero-order valence-electron chi connectivity index (χ0n) is 10.2. The lowest BCUT2D eigenvalue weighted by Gasteiger charge is -2.19. The molecule has 0 saturated heterocycles. The molecule has 0 saturated carbocycles. The van der Waals surface area contributed by atoms with E-state index in [-0.39, 0.29) is 0 Å². The van der Waals surface area contributed by atoms with E-state index >= 15 is 0 Å². The Bertz CT molecular complexity index is 634. The lowest BCUT2D eigenvalue weighted by molar-refractivity contribution is 0.450. The second-order valence-electron chi connectivity index (χ2n) is 4.36. The number of para-hydroxylation sites is 2. The van der Waals surface area contributed by atoms with Crippen molar-refractivity contribution in [2.75, 3.05) is 10.6 Å². The molecule has 3 nitrogen and oxygen atoms in total. The minimum absolute atomic E-state index is 0.577. The van der Waals surface area contributed by atoms with Gasteiger partial charge in [0, 0.05) is 0 Å². The van der Waals surface area contributed by atoms with Crippen LogP contribution in [0.15, 0.2) is 54.9 Å². The molecule has 0 unspecified atom stereocenters. The Morgan fingerprint density at radius 3 is 2.67 bits per heavy atom. The molecule has 1 aliphatic rings. The molecule has 0 fully saturated rings. The van der Waals surface area contributed by atoms with Crippen molar-refractivity contribution in [1.82, 2.24) is 0 Å². The number of benzene rings is 2. The van der Waals surface area contributed by atoms with Gasteiger partial charge in [0.25, 0.3) is 0 Å². The maximum Gasteiger partial charge on any atom is 0.198 e. The highest BCUT2D eigenvalue weighted by molar-refractivity contribution is 5.82. The SMILES string of the molecule is C=C1Oc2ccc(C)cc2N1c1ccccc1N. The normalized spacial score (nSPS) is 13.4. The summed E-state index contributed by atoms with van der Waals surface area (Å²) in [4.78, 5) is 1.94. The lowest BCUT2D eigenvalue weighted by atomic mass is 10.2. The van der Waals surface area contributed by atoms with Gasteiger partial charge in [0.15, 0.2) is 11.6 Å². The third kappa shape index (κ3) is 1.52. The quantitative estimate of drug-likeness (QED) is 0.772. The molecule has 0 aliphatic carbocycles. The van der Waals surface area contributed by atoms with E-state index in [9.17, 15) is 0 Å². The minimum atomic E-state index is 0.577. The average molecular weight is 238 g/mol. The van der Waals surface area contributed by atoms with Gasteiger partial charge in [-0.15, -0.1) is 0 Å². The second-order valence-corrected chi connectivity index (χ2v) is 4.36. The number of hydrogen-bond acceptors (Lipinski definition) is 3. The van der Waals surface area contributed by atoms with E-state index in [1.54, 1.807) is 0 Å². The third-order valence-electron chi connectivity index (χ3n) is 3.01.